The number of fused-ring (bicyclic) bond motifs is 1. The van der Waals surface area contributed by atoms with E-state index in [2.05, 4.69) is 0 Å². The molecule has 1 aromatic rings. The van der Waals surface area contributed by atoms with Crippen molar-refractivity contribution in [2.45, 2.75) is 19.3 Å². The normalized spacial score (nSPS) is 18.1. The molecule has 2 aliphatic heterocycles. The average Bonchev–Trinajstić information content (AvgIpc) is 2.57. The quantitative estimate of drug-likeness (QED) is 0.893. The second-order valence-corrected chi connectivity index (χ2v) is 6.16. The minimum absolute atomic E-state index is 0.0111. The Labute approximate surface area is 139 Å². The Morgan fingerprint density at radius 3 is 2.62 bits per heavy atom. The van der Waals surface area contributed by atoms with Crippen LogP contribution in [0.15, 0.2) is 24.3 Å². The maximum atomic E-state index is 12.5. The summed E-state index contributed by atoms with van der Waals surface area (Å²) in [5.74, 6) is -0.422. The van der Waals surface area contributed by atoms with Crippen LogP contribution in [0.2, 0.25) is 0 Å². The molecule has 2 amide bonds. The molecule has 0 unspecified atom stereocenters. The molecule has 1 fully saturated rings. The number of nitrogens with zero attached hydrogens (tertiary/aromatic N) is 2. The van der Waals surface area contributed by atoms with Gasteiger partial charge in [0.2, 0.25) is 5.91 Å². The van der Waals surface area contributed by atoms with Gasteiger partial charge in [0.25, 0.3) is 5.91 Å². The maximum absolute atomic E-state index is 12.5. The van der Waals surface area contributed by atoms with Gasteiger partial charge < -0.3 is 14.7 Å². The number of aliphatic carboxylic acids is 1. The van der Waals surface area contributed by atoms with E-state index < -0.39 is 5.97 Å². The first-order chi connectivity index (χ1) is 11.5. The number of carboxylic acid groups (broad SMARTS) is 1. The van der Waals surface area contributed by atoms with Gasteiger partial charge in [0, 0.05) is 19.5 Å². The van der Waals surface area contributed by atoms with Crippen molar-refractivity contribution in [2.75, 3.05) is 31.1 Å². The number of hydrogen-bond donors (Lipinski definition) is 1. The highest BCUT2D eigenvalue weighted by Gasteiger charge is 2.30. The van der Waals surface area contributed by atoms with Gasteiger partial charge in [0.15, 0.2) is 6.61 Å². The average molecular weight is 332 g/mol. The Kier molecular flexibility index (Phi) is 4.69. The van der Waals surface area contributed by atoms with E-state index >= 15 is 0 Å². The second kappa shape index (κ2) is 6.90. The summed E-state index contributed by atoms with van der Waals surface area (Å²) in [5.41, 5.74) is 0.614. The molecule has 0 spiro atoms. The Morgan fingerprint density at radius 1 is 1.21 bits per heavy atom. The van der Waals surface area contributed by atoms with Crippen molar-refractivity contribution in [1.29, 1.82) is 0 Å². The van der Waals surface area contributed by atoms with Gasteiger partial charge >= 0.3 is 5.97 Å². The van der Waals surface area contributed by atoms with E-state index in [1.165, 1.54) is 4.90 Å². The van der Waals surface area contributed by atoms with E-state index in [0.29, 0.717) is 37.4 Å². The van der Waals surface area contributed by atoms with Crippen molar-refractivity contribution < 1.29 is 24.2 Å². The lowest BCUT2D eigenvalue weighted by Crippen LogP contribution is -2.48. The standard InChI is InChI=1S/C17H20N2O5/c20-15(18-7-5-12(6-8-18)9-17(22)23)10-19-13-3-1-2-4-14(13)24-11-16(19)21/h1-4,12H,5-11H2,(H,22,23). The third kappa shape index (κ3) is 3.50. The summed E-state index contributed by atoms with van der Waals surface area (Å²) in [4.78, 5) is 38.6. The number of amides is 2. The van der Waals surface area contributed by atoms with Crippen molar-refractivity contribution in [3.8, 4) is 5.75 Å². The fourth-order valence-electron chi connectivity index (χ4n) is 3.20. The fraction of sp³-hybridized carbons (Fsp3) is 0.471. The molecule has 24 heavy (non-hydrogen) atoms. The van der Waals surface area contributed by atoms with Crippen LogP contribution in [0.3, 0.4) is 0 Å². The zero-order valence-corrected chi connectivity index (χ0v) is 13.3. The van der Waals surface area contributed by atoms with Gasteiger partial charge in [-0.1, -0.05) is 12.1 Å². The number of ether oxygens (including phenoxy) is 1. The molecule has 1 saturated heterocycles. The van der Waals surface area contributed by atoms with E-state index in [1.807, 2.05) is 6.07 Å². The van der Waals surface area contributed by atoms with Crippen molar-refractivity contribution >= 4 is 23.5 Å². The lowest BCUT2D eigenvalue weighted by atomic mass is 9.93. The van der Waals surface area contributed by atoms with Crippen LogP contribution in [-0.4, -0.2) is 54.0 Å². The first-order valence-electron chi connectivity index (χ1n) is 8.06. The summed E-state index contributed by atoms with van der Waals surface area (Å²) < 4.78 is 5.37. The van der Waals surface area contributed by atoms with Gasteiger partial charge in [0.05, 0.1) is 5.69 Å². The van der Waals surface area contributed by atoms with E-state index in [4.69, 9.17) is 9.84 Å². The molecule has 1 N–H and O–H groups in total. The maximum Gasteiger partial charge on any atom is 0.303 e. The summed E-state index contributed by atoms with van der Waals surface area (Å²) in [6.45, 7) is 1.00. The molecule has 7 nitrogen and oxygen atoms in total. The summed E-state index contributed by atoms with van der Waals surface area (Å²) in [6, 6.07) is 7.16. The first-order valence-corrected chi connectivity index (χ1v) is 8.06. The largest absolute Gasteiger partial charge is 0.482 e. The number of para-hydroxylation sites is 2. The van der Waals surface area contributed by atoms with Crippen LogP contribution in [0.5, 0.6) is 5.75 Å². The highest BCUT2D eigenvalue weighted by molar-refractivity contribution is 6.02. The summed E-state index contributed by atoms with van der Waals surface area (Å²) in [6.07, 6.45) is 1.52. The van der Waals surface area contributed by atoms with E-state index in [9.17, 15) is 14.4 Å². The second-order valence-electron chi connectivity index (χ2n) is 6.16. The van der Waals surface area contributed by atoms with Gasteiger partial charge in [0.1, 0.15) is 12.3 Å². The minimum atomic E-state index is -0.796. The molecule has 3 rings (SSSR count). The van der Waals surface area contributed by atoms with Crippen LogP contribution in [0.4, 0.5) is 5.69 Å². The molecule has 7 heteroatoms. The number of carbonyl (C=O) groups is 3. The molecule has 1 aromatic carbocycles. The van der Waals surface area contributed by atoms with E-state index in [-0.39, 0.29) is 37.3 Å². The Balaban J connectivity index is 1.61. The SMILES string of the molecule is O=C(O)CC1CCN(C(=O)CN2C(=O)COc3ccccc32)CC1. The molecule has 0 radical (unpaired) electrons. The minimum Gasteiger partial charge on any atom is -0.482 e. The van der Waals surface area contributed by atoms with Gasteiger partial charge in [-0.2, -0.15) is 0 Å². The Hall–Kier alpha value is -2.57. The topological polar surface area (TPSA) is 87.2 Å². The molecule has 2 heterocycles. The summed E-state index contributed by atoms with van der Waals surface area (Å²) >= 11 is 0. The number of likely N-dealkylation sites (tertiary alicyclic amines) is 1. The van der Waals surface area contributed by atoms with Crippen LogP contribution < -0.4 is 9.64 Å². The molecule has 0 bridgehead atoms. The molecule has 0 saturated carbocycles. The third-order valence-corrected chi connectivity index (χ3v) is 4.53. The van der Waals surface area contributed by atoms with Crippen molar-refractivity contribution in [1.82, 2.24) is 4.90 Å². The number of carboxylic acids is 1. The van der Waals surface area contributed by atoms with Gasteiger partial charge in [-0.15, -0.1) is 0 Å². The van der Waals surface area contributed by atoms with E-state index in [1.54, 1.807) is 23.1 Å². The predicted octanol–water partition coefficient (Wildman–Crippen LogP) is 1.13. The number of benzene rings is 1. The van der Waals surface area contributed by atoms with E-state index in [0.717, 1.165) is 0 Å². The molecule has 128 valence electrons. The van der Waals surface area contributed by atoms with Crippen LogP contribution in [0, 0.1) is 5.92 Å². The summed E-state index contributed by atoms with van der Waals surface area (Å²) in [7, 11) is 0. The number of piperidine rings is 1. The van der Waals surface area contributed by atoms with Crippen molar-refractivity contribution in [3.05, 3.63) is 24.3 Å². The molecule has 0 aliphatic carbocycles. The number of anilines is 1. The molecule has 0 aromatic heterocycles. The molecule has 2 aliphatic rings. The summed E-state index contributed by atoms with van der Waals surface area (Å²) in [5, 5.41) is 8.84. The lowest BCUT2D eigenvalue weighted by molar-refractivity contribution is -0.139. The van der Waals surface area contributed by atoms with Gasteiger partial charge in [-0.25, -0.2) is 0 Å². The Morgan fingerprint density at radius 2 is 1.92 bits per heavy atom. The number of carbonyl (C=O) groups excluding carboxylic acids is 2. The number of hydrogen-bond acceptors (Lipinski definition) is 4. The highest BCUT2D eigenvalue weighted by Crippen LogP contribution is 2.31. The van der Waals surface area contributed by atoms with Gasteiger partial charge in [-0.05, 0) is 30.9 Å². The van der Waals surface area contributed by atoms with Crippen LogP contribution in [0.25, 0.3) is 0 Å². The fourth-order valence-corrected chi connectivity index (χ4v) is 3.20. The van der Waals surface area contributed by atoms with Crippen LogP contribution >= 0.6 is 0 Å². The third-order valence-electron chi connectivity index (χ3n) is 4.53. The molecular weight excluding hydrogens is 312 g/mol. The van der Waals surface area contributed by atoms with Crippen molar-refractivity contribution in [3.63, 3.8) is 0 Å². The zero-order chi connectivity index (χ0) is 17.1. The van der Waals surface area contributed by atoms with Gasteiger partial charge in [-0.3, -0.25) is 19.3 Å². The monoisotopic (exact) mass is 332 g/mol. The first kappa shape index (κ1) is 16.3. The zero-order valence-electron chi connectivity index (χ0n) is 13.3. The van der Waals surface area contributed by atoms with Crippen LogP contribution in [-0.2, 0) is 14.4 Å². The van der Waals surface area contributed by atoms with Crippen LogP contribution in [0.1, 0.15) is 19.3 Å². The lowest BCUT2D eigenvalue weighted by Gasteiger charge is -2.34. The highest BCUT2D eigenvalue weighted by atomic mass is 16.5. The number of rotatable bonds is 4. The predicted molar refractivity (Wildman–Crippen MR) is 85.8 cm³/mol. The molecular formula is C17H20N2O5. The van der Waals surface area contributed by atoms with Crippen molar-refractivity contribution in [2.24, 2.45) is 5.92 Å². The smallest absolute Gasteiger partial charge is 0.303 e. The molecule has 0 atom stereocenters. The Bertz CT molecular complexity index is 652.